The Morgan fingerprint density at radius 1 is 1.77 bits per heavy atom. The smallest absolute Gasteiger partial charge is 0.138 e. The maximum Gasteiger partial charge on any atom is 0.138 e. The first kappa shape index (κ1) is 8.65. The second-order valence-electron chi connectivity index (χ2n) is 3.75. The second-order valence-corrected chi connectivity index (χ2v) is 3.75. The molecule has 1 aliphatic heterocycles. The van der Waals surface area contributed by atoms with Crippen LogP contribution in [0.25, 0.3) is 0 Å². The first-order chi connectivity index (χ1) is 6.14. The zero-order valence-corrected chi connectivity index (χ0v) is 7.90. The van der Waals surface area contributed by atoms with Crippen LogP contribution in [0.5, 0.6) is 0 Å². The van der Waals surface area contributed by atoms with E-state index in [2.05, 4.69) is 17.0 Å². The number of nitrogens with two attached hydrogens (primary N) is 1. The molecule has 1 aliphatic rings. The van der Waals surface area contributed by atoms with E-state index in [0.29, 0.717) is 13.2 Å². The molecule has 0 aromatic carbocycles. The van der Waals surface area contributed by atoms with E-state index in [1.165, 1.54) is 0 Å². The van der Waals surface area contributed by atoms with E-state index < -0.39 is 0 Å². The van der Waals surface area contributed by atoms with Gasteiger partial charge in [0.15, 0.2) is 0 Å². The van der Waals surface area contributed by atoms with Gasteiger partial charge in [-0.15, -0.1) is 0 Å². The van der Waals surface area contributed by atoms with Gasteiger partial charge in [-0.05, 0) is 6.92 Å². The van der Waals surface area contributed by atoms with Gasteiger partial charge in [-0.2, -0.15) is 5.10 Å². The molecule has 0 radical (unpaired) electrons. The average molecular weight is 182 g/mol. The molecule has 5 nitrogen and oxygen atoms in total. The summed E-state index contributed by atoms with van der Waals surface area (Å²) in [5.41, 5.74) is 5.78. The summed E-state index contributed by atoms with van der Waals surface area (Å²) in [5, 5.41) is 4.04. The van der Waals surface area contributed by atoms with E-state index in [0.717, 1.165) is 5.82 Å². The highest BCUT2D eigenvalue weighted by Crippen LogP contribution is 2.29. The summed E-state index contributed by atoms with van der Waals surface area (Å²) in [4.78, 5) is 4.21. The predicted octanol–water partition coefficient (Wildman–Crippen LogP) is -0.570. The third-order valence-electron chi connectivity index (χ3n) is 2.74. The standard InChI is InChI=1S/C8H14N4O/c1-8(4-13-3-6(8)9)7-10-5-11-12(7)2/h5-6H,3-4,9H2,1-2H3. The Balaban J connectivity index is 2.39. The minimum Gasteiger partial charge on any atom is -0.379 e. The van der Waals surface area contributed by atoms with Crippen molar-refractivity contribution in [3.8, 4) is 0 Å². The molecule has 5 heteroatoms. The Hall–Kier alpha value is -0.940. The topological polar surface area (TPSA) is 66.0 Å². The molecule has 2 atom stereocenters. The fourth-order valence-corrected chi connectivity index (χ4v) is 1.73. The maximum atomic E-state index is 5.97. The summed E-state index contributed by atoms with van der Waals surface area (Å²) in [5.74, 6) is 0.900. The van der Waals surface area contributed by atoms with Gasteiger partial charge in [0.2, 0.25) is 0 Å². The zero-order valence-electron chi connectivity index (χ0n) is 7.90. The van der Waals surface area contributed by atoms with E-state index in [1.54, 1.807) is 11.0 Å². The van der Waals surface area contributed by atoms with Crippen LogP contribution < -0.4 is 5.73 Å². The van der Waals surface area contributed by atoms with Gasteiger partial charge in [-0.25, -0.2) is 4.98 Å². The van der Waals surface area contributed by atoms with Crippen molar-refractivity contribution >= 4 is 0 Å². The van der Waals surface area contributed by atoms with Crippen LogP contribution in [0.1, 0.15) is 12.7 Å². The largest absolute Gasteiger partial charge is 0.379 e. The fraction of sp³-hybridized carbons (Fsp3) is 0.750. The van der Waals surface area contributed by atoms with Crippen molar-refractivity contribution in [2.45, 2.75) is 18.4 Å². The lowest BCUT2D eigenvalue weighted by atomic mass is 9.85. The summed E-state index contributed by atoms with van der Waals surface area (Å²) in [6, 6.07) is 0.00963. The summed E-state index contributed by atoms with van der Waals surface area (Å²) in [6.07, 6.45) is 1.55. The van der Waals surface area contributed by atoms with E-state index in [9.17, 15) is 0 Å². The maximum absolute atomic E-state index is 5.97. The molecule has 2 rings (SSSR count). The summed E-state index contributed by atoms with van der Waals surface area (Å²) >= 11 is 0. The number of aromatic nitrogens is 3. The van der Waals surface area contributed by atoms with Gasteiger partial charge in [0, 0.05) is 13.1 Å². The van der Waals surface area contributed by atoms with Gasteiger partial charge in [0.25, 0.3) is 0 Å². The van der Waals surface area contributed by atoms with Crippen molar-refractivity contribution in [3.63, 3.8) is 0 Å². The predicted molar refractivity (Wildman–Crippen MR) is 47.1 cm³/mol. The monoisotopic (exact) mass is 182 g/mol. The Morgan fingerprint density at radius 2 is 2.54 bits per heavy atom. The minimum atomic E-state index is -0.189. The van der Waals surface area contributed by atoms with E-state index >= 15 is 0 Å². The van der Waals surface area contributed by atoms with E-state index in [1.807, 2.05) is 7.05 Å². The van der Waals surface area contributed by atoms with Crippen molar-refractivity contribution in [3.05, 3.63) is 12.2 Å². The van der Waals surface area contributed by atoms with Crippen LogP contribution in [0.3, 0.4) is 0 Å². The van der Waals surface area contributed by atoms with Crippen molar-refractivity contribution in [1.82, 2.24) is 14.8 Å². The molecule has 1 aromatic rings. The lowest BCUT2D eigenvalue weighted by Gasteiger charge is -2.25. The Morgan fingerprint density at radius 3 is 3.00 bits per heavy atom. The van der Waals surface area contributed by atoms with Crippen LogP contribution in [0.2, 0.25) is 0 Å². The molecule has 2 heterocycles. The van der Waals surface area contributed by atoms with Gasteiger partial charge in [0.1, 0.15) is 12.2 Å². The van der Waals surface area contributed by atoms with Crippen molar-refractivity contribution < 1.29 is 4.74 Å². The molecule has 0 amide bonds. The normalized spacial score (nSPS) is 33.9. The van der Waals surface area contributed by atoms with Gasteiger partial charge in [-0.1, -0.05) is 0 Å². The fourth-order valence-electron chi connectivity index (χ4n) is 1.73. The third kappa shape index (κ3) is 1.15. The van der Waals surface area contributed by atoms with Crippen molar-refractivity contribution in [2.75, 3.05) is 13.2 Å². The Labute approximate surface area is 76.9 Å². The summed E-state index contributed by atoms with van der Waals surface area (Å²) in [7, 11) is 1.87. The molecule has 1 fully saturated rings. The Bertz CT molecular complexity index is 311. The molecule has 2 unspecified atom stereocenters. The summed E-state index contributed by atoms with van der Waals surface area (Å²) in [6.45, 7) is 3.29. The van der Waals surface area contributed by atoms with Crippen LogP contribution in [0, 0.1) is 0 Å². The molecule has 1 aromatic heterocycles. The number of nitrogens with zero attached hydrogens (tertiary/aromatic N) is 3. The summed E-state index contributed by atoms with van der Waals surface area (Å²) < 4.78 is 7.10. The van der Waals surface area contributed by atoms with E-state index in [-0.39, 0.29) is 11.5 Å². The highest BCUT2D eigenvalue weighted by molar-refractivity contribution is 5.13. The molecular weight excluding hydrogens is 168 g/mol. The van der Waals surface area contributed by atoms with E-state index in [4.69, 9.17) is 10.5 Å². The molecule has 72 valence electrons. The lowest BCUT2D eigenvalue weighted by molar-refractivity contribution is 0.177. The van der Waals surface area contributed by atoms with Crippen LogP contribution in [-0.2, 0) is 17.2 Å². The number of hydrogen-bond donors (Lipinski definition) is 1. The lowest BCUT2D eigenvalue weighted by Crippen LogP contribution is -2.43. The highest BCUT2D eigenvalue weighted by Gasteiger charge is 2.42. The molecular formula is C8H14N4O. The molecule has 0 bridgehead atoms. The van der Waals surface area contributed by atoms with Gasteiger partial charge >= 0.3 is 0 Å². The number of ether oxygens (including phenoxy) is 1. The third-order valence-corrected chi connectivity index (χ3v) is 2.74. The average Bonchev–Trinajstić information content (AvgIpc) is 2.62. The molecule has 13 heavy (non-hydrogen) atoms. The Kier molecular flexibility index (Phi) is 1.85. The molecule has 0 spiro atoms. The number of aryl methyl sites for hydroxylation is 1. The van der Waals surface area contributed by atoms with Gasteiger partial charge < -0.3 is 10.5 Å². The zero-order chi connectivity index (χ0) is 9.47. The van der Waals surface area contributed by atoms with Crippen molar-refractivity contribution in [2.24, 2.45) is 12.8 Å². The molecule has 1 saturated heterocycles. The number of rotatable bonds is 1. The van der Waals surface area contributed by atoms with Crippen LogP contribution in [0.4, 0.5) is 0 Å². The van der Waals surface area contributed by atoms with Gasteiger partial charge in [0.05, 0.1) is 18.6 Å². The van der Waals surface area contributed by atoms with Crippen LogP contribution in [0.15, 0.2) is 6.33 Å². The number of hydrogen-bond acceptors (Lipinski definition) is 4. The van der Waals surface area contributed by atoms with Crippen LogP contribution >= 0.6 is 0 Å². The molecule has 0 saturated carbocycles. The highest BCUT2D eigenvalue weighted by atomic mass is 16.5. The first-order valence-electron chi connectivity index (χ1n) is 4.32. The molecule has 2 N–H and O–H groups in total. The second kappa shape index (κ2) is 2.78. The quantitative estimate of drug-likeness (QED) is 0.631. The first-order valence-corrected chi connectivity index (χ1v) is 4.32. The SMILES string of the molecule is Cn1ncnc1C1(C)COCC1N. The van der Waals surface area contributed by atoms with Gasteiger partial charge in [-0.3, -0.25) is 4.68 Å². The van der Waals surface area contributed by atoms with Crippen molar-refractivity contribution in [1.29, 1.82) is 0 Å². The molecule has 0 aliphatic carbocycles. The van der Waals surface area contributed by atoms with Crippen LogP contribution in [-0.4, -0.2) is 34.0 Å². The minimum absolute atomic E-state index is 0.00963.